The first kappa shape index (κ1) is 18.2. The van der Waals surface area contributed by atoms with Crippen LogP contribution in [0.4, 0.5) is 0 Å². The molecule has 0 radical (unpaired) electrons. The fraction of sp³-hybridized carbons (Fsp3) is 1.00. The van der Waals surface area contributed by atoms with E-state index in [1.54, 1.807) is 0 Å². The van der Waals surface area contributed by atoms with E-state index in [-0.39, 0.29) is 0 Å². The van der Waals surface area contributed by atoms with E-state index in [1.165, 1.54) is 57.4 Å². The van der Waals surface area contributed by atoms with E-state index < -0.39 is 8.32 Å². The van der Waals surface area contributed by atoms with Gasteiger partial charge in [0.05, 0.1) is 0 Å². The molecule has 0 aromatic rings. The van der Waals surface area contributed by atoms with Gasteiger partial charge in [0, 0.05) is 6.61 Å². The Morgan fingerprint density at radius 1 is 0.833 bits per heavy atom. The Bertz CT molecular complexity index is 178. The van der Waals surface area contributed by atoms with Crippen molar-refractivity contribution in [1.82, 2.24) is 0 Å². The highest BCUT2D eigenvalue weighted by molar-refractivity contribution is 6.71. The topological polar surface area (TPSA) is 9.23 Å². The van der Waals surface area contributed by atoms with Gasteiger partial charge in [-0.2, -0.15) is 0 Å². The summed E-state index contributed by atoms with van der Waals surface area (Å²) in [6.45, 7) is 12.4. The summed E-state index contributed by atoms with van der Waals surface area (Å²) in [5.74, 6) is 0.885. The van der Waals surface area contributed by atoms with Crippen LogP contribution in [0.1, 0.15) is 72.1 Å². The molecular weight excluding hydrogens is 236 g/mol. The molecule has 0 aliphatic rings. The van der Waals surface area contributed by atoms with Crippen molar-refractivity contribution in [2.24, 2.45) is 5.92 Å². The fourth-order valence-electron chi connectivity index (χ4n) is 2.45. The SMILES string of the molecule is CCO[Si](C)(C)CCCCCCCCCC(C)C. The monoisotopic (exact) mass is 272 g/mol. The van der Waals surface area contributed by atoms with Crippen LogP contribution in [0.2, 0.25) is 19.1 Å². The normalized spacial score (nSPS) is 12.3. The molecule has 0 unspecified atom stereocenters. The smallest absolute Gasteiger partial charge is 0.186 e. The Kier molecular flexibility index (Phi) is 11.1. The van der Waals surface area contributed by atoms with Gasteiger partial charge in [0.1, 0.15) is 0 Å². The molecule has 0 saturated carbocycles. The Balaban J connectivity index is 3.21. The maximum atomic E-state index is 5.85. The Labute approximate surface area is 117 Å². The van der Waals surface area contributed by atoms with Gasteiger partial charge in [0.25, 0.3) is 0 Å². The van der Waals surface area contributed by atoms with Crippen molar-refractivity contribution in [2.75, 3.05) is 6.61 Å². The van der Waals surface area contributed by atoms with Gasteiger partial charge in [0.15, 0.2) is 8.32 Å². The molecule has 18 heavy (non-hydrogen) atoms. The molecule has 0 aliphatic carbocycles. The average molecular weight is 273 g/mol. The van der Waals surface area contributed by atoms with E-state index in [1.807, 2.05) is 0 Å². The van der Waals surface area contributed by atoms with Crippen LogP contribution in [0.15, 0.2) is 0 Å². The van der Waals surface area contributed by atoms with Gasteiger partial charge >= 0.3 is 0 Å². The minimum absolute atomic E-state index is 0.885. The minimum Gasteiger partial charge on any atom is -0.418 e. The summed E-state index contributed by atoms with van der Waals surface area (Å²) in [4.78, 5) is 0. The molecule has 2 heteroatoms. The minimum atomic E-state index is -1.30. The summed E-state index contributed by atoms with van der Waals surface area (Å²) in [5, 5.41) is 0. The van der Waals surface area contributed by atoms with E-state index in [0.29, 0.717) is 0 Å². The van der Waals surface area contributed by atoms with Crippen LogP contribution in [0.5, 0.6) is 0 Å². The molecule has 0 heterocycles. The summed E-state index contributed by atoms with van der Waals surface area (Å²) in [6, 6.07) is 1.34. The molecule has 0 amide bonds. The first-order valence-electron chi connectivity index (χ1n) is 8.12. The number of rotatable bonds is 12. The van der Waals surface area contributed by atoms with Gasteiger partial charge in [0.2, 0.25) is 0 Å². The average Bonchev–Trinajstić information content (AvgIpc) is 2.26. The summed E-state index contributed by atoms with van der Waals surface area (Å²) in [6.07, 6.45) is 11.4. The molecule has 0 aliphatic heterocycles. The van der Waals surface area contributed by atoms with Crippen LogP contribution < -0.4 is 0 Å². The van der Waals surface area contributed by atoms with E-state index in [9.17, 15) is 0 Å². The number of hydrogen-bond acceptors (Lipinski definition) is 1. The van der Waals surface area contributed by atoms with Crippen molar-refractivity contribution >= 4 is 8.32 Å². The van der Waals surface area contributed by atoms with Crippen LogP contribution in [0.25, 0.3) is 0 Å². The molecule has 0 fully saturated rings. The molecule has 0 aromatic heterocycles. The lowest BCUT2D eigenvalue weighted by atomic mass is 10.0. The van der Waals surface area contributed by atoms with Gasteiger partial charge in [-0.05, 0) is 32.0 Å². The Morgan fingerprint density at radius 3 is 1.83 bits per heavy atom. The molecule has 0 rings (SSSR count). The maximum absolute atomic E-state index is 5.85. The first-order valence-corrected chi connectivity index (χ1v) is 11.2. The van der Waals surface area contributed by atoms with Crippen LogP contribution >= 0.6 is 0 Å². The van der Waals surface area contributed by atoms with Crippen molar-refractivity contribution in [3.63, 3.8) is 0 Å². The second-order valence-electron chi connectivity index (χ2n) is 6.60. The van der Waals surface area contributed by atoms with Gasteiger partial charge in [-0.3, -0.25) is 0 Å². The van der Waals surface area contributed by atoms with Crippen LogP contribution in [0.3, 0.4) is 0 Å². The second kappa shape index (κ2) is 11.0. The standard InChI is InChI=1S/C16H36OSi/c1-6-17-18(4,5)15-13-11-9-7-8-10-12-14-16(2)3/h16H,6-15H2,1-5H3. The third-order valence-corrected chi connectivity index (χ3v) is 6.22. The van der Waals surface area contributed by atoms with Gasteiger partial charge in [-0.15, -0.1) is 0 Å². The van der Waals surface area contributed by atoms with Crippen molar-refractivity contribution in [2.45, 2.75) is 91.3 Å². The molecule has 1 nitrogen and oxygen atoms in total. The van der Waals surface area contributed by atoms with E-state index in [0.717, 1.165) is 12.5 Å². The highest BCUT2D eigenvalue weighted by atomic mass is 28.4. The third kappa shape index (κ3) is 12.6. The van der Waals surface area contributed by atoms with Crippen LogP contribution in [-0.2, 0) is 4.43 Å². The van der Waals surface area contributed by atoms with Gasteiger partial charge < -0.3 is 4.43 Å². The molecule has 0 spiro atoms. The molecule has 110 valence electrons. The second-order valence-corrected chi connectivity index (χ2v) is 10.9. The predicted molar refractivity (Wildman–Crippen MR) is 85.7 cm³/mol. The zero-order chi connectivity index (χ0) is 13.9. The number of hydrogen-bond donors (Lipinski definition) is 0. The fourth-order valence-corrected chi connectivity index (χ4v) is 4.48. The highest BCUT2D eigenvalue weighted by Gasteiger charge is 2.20. The summed E-state index contributed by atoms with van der Waals surface area (Å²) in [7, 11) is -1.30. The third-order valence-electron chi connectivity index (χ3n) is 3.60. The zero-order valence-corrected chi connectivity index (χ0v) is 14.6. The Hall–Kier alpha value is 0.177. The molecule has 0 saturated heterocycles. The van der Waals surface area contributed by atoms with E-state index >= 15 is 0 Å². The van der Waals surface area contributed by atoms with Gasteiger partial charge in [-0.25, -0.2) is 0 Å². The van der Waals surface area contributed by atoms with Crippen molar-refractivity contribution in [3.8, 4) is 0 Å². The zero-order valence-electron chi connectivity index (χ0n) is 13.6. The quantitative estimate of drug-likeness (QED) is 0.312. The molecule has 0 N–H and O–H groups in total. The lowest BCUT2D eigenvalue weighted by molar-refractivity contribution is 0.327. The molecule has 0 bridgehead atoms. The summed E-state index contributed by atoms with van der Waals surface area (Å²) < 4.78 is 5.85. The predicted octanol–water partition coefficient (Wildman–Crippen LogP) is 6.00. The Morgan fingerprint density at radius 2 is 1.33 bits per heavy atom. The van der Waals surface area contributed by atoms with Crippen molar-refractivity contribution in [3.05, 3.63) is 0 Å². The lowest BCUT2D eigenvalue weighted by Crippen LogP contribution is -2.29. The van der Waals surface area contributed by atoms with E-state index in [2.05, 4.69) is 33.9 Å². The van der Waals surface area contributed by atoms with E-state index in [4.69, 9.17) is 4.43 Å². The lowest BCUT2D eigenvalue weighted by Gasteiger charge is -2.21. The molecule has 0 aromatic carbocycles. The summed E-state index contributed by atoms with van der Waals surface area (Å²) >= 11 is 0. The molecular formula is C16H36OSi. The highest BCUT2D eigenvalue weighted by Crippen LogP contribution is 2.17. The van der Waals surface area contributed by atoms with Crippen LogP contribution in [-0.4, -0.2) is 14.9 Å². The maximum Gasteiger partial charge on any atom is 0.186 e. The molecule has 0 atom stereocenters. The largest absolute Gasteiger partial charge is 0.418 e. The van der Waals surface area contributed by atoms with Gasteiger partial charge in [-0.1, -0.05) is 65.2 Å². The first-order chi connectivity index (χ1) is 8.48. The summed E-state index contributed by atoms with van der Waals surface area (Å²) in [5.41, 5.74) is 0. The number of unbranched alkanes of at least 4 members (excludes halogenated alkanes) is 6. The van der Waals surface area contributed by atoms with Crippen molar-refractivity contribution in [1.29, 1.82) is 0 Å². The van der Waals surface area contributed by atoms with Crippen molar-refractivity contribution < 1.29 is 4.43 Å². The van der Waals surface area contributed by atoms with Crippen LogP contribution in [0, 0.1) is 5.92 Å².